The maximum atomic E-state index is 4.27. The van der Waals surface area contributed by atoms with Gasteiger partial charge in [0.15, 0.2) is 0 Å². The Morgan fingerprint density at radius 3 is 1.95 bits per heavy atom. The van der Waals surface area contributed by atoms with Gasteiger partial charge < -0.3 is 0 Å². The smallest absolute Gasteiger partial charge is 0.0154 e. The normalized spacial score (nSPS) is 13.0. The molecule has 0 heteroatoms. The molecular formula is C22H26. The second-order valence-corrected chi connectivity index (χ2v) is 5.38. The van der Waals surface area contributed by atoms with Gasteiger partial charge in [-0.2, -0.15) is 0 Å². The minimum absolute atomic E-state index is 1.01. The molecule has 22 heavy (non-hydrogen) atoms. The van der Waals surface area contributed by atoms with Gasteiger partial charge in [0.1, 0.15) is 0 Å². The van der Waals surface area contributed by atoms with Crippen molar-refractivity contribution in [1.29, 1.82) is 0 Å². The number of rotatable bonds is 6. The number of aryl methyl sites for hydroxylation is 1. The monoisotopic (exact) mass is 290 g/mol. The van der Waals surface area contributed by atoms with E-state index in [0.29, 0.717) is 0 Å². The SMILES string of the molecule is C=CC(=CC(=CC)C(=C)C)C(=CC)C(=C)c1ccc(C)cc1. The second-order valence-electron chi connectivity index (χ2n) is 5.38. The van der Waals surface area contributed by atoms with Gasteiger partial charge in [-0.25, -0.2) is 0 Å². The molecule has 0 saturated heterocycles. The largest absolute Gasteiger partial charge is 0.0984 e. The lowest BCUT2D eigenvalue weighted by Crippen LogP contribution is -1.93. The third-order valence-electron chi connectivity index (χ3n) is 3.66. The Bertz CT molecular complexity index is 658. The molecule has 0 aliphatic heterocycles. The first kappa shape index (κ1) is 17.7. The second kappa shape index (κ2) is 8.19. The Balaban J connectivity index is 3.26. The molecule has 1 aromatic carbocycles. The van der Waals surface area contributed by atoms with E-state index in [1.807, 2.05) is 26.8 Å². The molecule has 0 radical (unpaired) electrons. The molecular weight excluding hydrogens is 264 g/mol. The lowest BCUT2D eigenvalue weighted by atomic mass is 9.91. The van der Waals surface area contributed by atoms with Crippen LogP contribution in [0.3, 0.4) is 0 Å². The zero-order valence-electron chi connectivity index (χ0n) is 14.2. The van der Waals surface area contributed by atoms with E-state index in [2.05, 4.69) is 69.2 Å². The Hall–Kier alpha value is -2.34. The molecule has 0 aromatic heterocycles. The molecule has 0 bridgehead atoms. The summed E-state index contributed by atoms with van der Waals surface area (Å²) in [5.74, 6) is 0. The summed E-state index contributed by atoms with van der Waals surface area (Å²) in [5.41, 5.74) is 7.69. The summed E-state index contributed by atoms with van der Waals surface area (Å²) in [5, 5.41) is 0. The lowest BCUT2D eigenvalue weighted by molar-refractivity contribution is 1.39. The van der Waals surface area contributed by atoms with Crippen molar-refractivity contribution in [2.24, 2.45) is 0 Å². The van der Waals surface area contributed by atoms with E-state index in [-0.39, 0.29) is 0 Å². The molecule has 0 fully saturated rings. The molecule has 0 aliphatic rings. The molecule has 0 nitrogen and oxygen atoms in total. The maximum absolute atomic E-state index is 4.27. The van der Waals surface area contributed by atoms with Crippen LogP contribution in [0.15, 0.2) is 90.6 Å². The standard InChI is InChI=1S/C22H26/c1-8-19(16(4)5)15-20(9-2)22(10-3)18(7)21-13-11-17(6)12-14-21/h8-15H,2,4,7H2,1,3,5-6H3. The Morgan fingerprint density at radius 2 is 1.55 bits per heavy atom. The minimum Gasteiger partial charge on any atom is -0.0984 e. The van der Waals surface area contributed by atoms with Crippen LogP contribution >= 0.6 is 0 Å². The molecule has 0 amide bonds. The van der Waals surface area contributed by atoms with Crippen molar-refractivity contribution in [3.8, 4) is 0 Å². The summed E-state index contributed by atoms with van der Waals surface area (Å²) in [7, 11) is 0. The van der Waals surface area contributed by atoms with Crippen LogP contribution in [-0.2, 0) is 0 Å². The molecule has 114 valence electrons. The number of hydrogen-bond donors (Lipinski definition) is 0. The Labute approximate surface area is 135 Å². The topological polar surface area (TPSA) is 0 Å². The van der Waals surface area contributed by atoms with Gasteiger partial charge in [-0.3, -0.25) is 0 Å². The molecule has 1 aromatic rings. The predicted octanol–water partition coefficient (Wildman–Crippen LogP) is 6.59. The average molecular weight is 290 g/mol. The van der Waals surface area contributed by atoms with E-state index in [9.17, 15) is 0 Å². The van der Waals surface area contributed by atoms with E-state index in [0.717, 1.165) is 33.4 Å². The Morgan fingerprint density at radius 1 is 0.955 bits per heavy atom. The molecule has 0 aliphatic carbocycles. The number of benzene rings is 1. The fraction of sp³-hybridized carbons (Fsp3) is 0.182. The third-order valence-corrected chi connectivity index (χ3v) is 3.66. The first-order valence-corrected chi connectivity index (χ1v) is 7.53. The minimum atomic E-state index is 1.01. The fourth-order valence-electron chi connectivity index (χ4n) is 2.29. The number of hydrogen-bond acceptors (Lipinski definition) is 0. The summed E-state index contributed by atoms with van der Waals surface area (Å²) in [6.45, 7) is 20.4. The first-order chi connectivity index (χ1) is 10.4. The average Bonchev–Trinajstić information content (AvgIpc) is 2.51. The van der Waals surface area contributed by atoms with Crippen molar-refractivity contribution in [2.45, 2.75) is 27.7 Å². The highest BCUT2D eigenvalue weighted by molar-refractivity contribution is 5.83. The Kier molecular flexibility index (Phi) is 6.59. The quantitative estimate of drug-likeness (QED) is 0.518. The summed E-state index contributed by atoms with van der Waals surface area (Å²) in [6.07, 6.45) is 8.14. The van der Waals surface area contributed by atoms with Crippen molar-refractivity contribution in [3.05, 3.63) is 102 Å². The maximum Gasteiger partial charge on any atom is -0.0154 e. The summed E-state index contributed by atoms with van der Waals surface area (Å²) >= 11 is 0. The van der Waals surface area contributed by atoms with Gasteiger partial charge in [-0.05, 0) is 61.6 Å². The van der Waals surface area contributed by atoms with Gasteiger partial charge in [-0.15, -0.1) is 0 Å². The van der Waals surface area contributed by atoms with Crippen LogP contribution in [-0.4, -0.2) is 0 Å². The van der Waals surface area contributed by atoms with Crippen molar-refractivity contribution in [2.75, 3.05) is 0 Å². The van der Waals surface area contributed by atoms with Gasteiger partial charge in [0.2, 0.25) is 0 Å². The zero-order valence-corrected chi connectivity index (χ0v) is 14.2. The highest BCUT2D eigenvalue weighted by atomic mass is 14.1. The van der Waals surface area contributed by atoms with Crippen LogP contribution < -0.4 is 0 Å². The highest BCUT2D eigenvalue weighted by Gasteiger charge is 2.09. The summed E-state index contributed by atoms with van der Waals surface area (Å²) < 4.78 is 0. The van der Waals surface area contributed by atoms with E-state index in [1.165, 1.54) is 5.56 Å². The van der Waals surface area contributed by atoms with Crippen molar-refractivity contribution >= 4 is 5.57 Å². The van der Waals surface area contributed by atoms with Gasteiger partial charge in [0, 0.05) is 0 Å². The van der Waals surface area contributed by atoms with Crippen LogP contribution in [0.4, 0.5) is 0 Å². The fourth-order valence-corrected chi connectivity index (χ4v) is 2.29. The molecule has 0 unspecified atom stereocenters. The lowest BCUT2D eigenvalue weighted by Gasteiger charge is -2.14. The molecule has 0 saturated carbocycles. The van der Waals surface area contributed by atoms with E-state index < -0.39 is 0 Å². The van der Waals surface area contributed by atoms with Gasteiger partial charge in [0.05, 0.1) is 0 Å². The van der Waals surface area contributed by atoms with Crippen molar-refractivity contribution < 1.29 is 0 Å². The molecule has 0 N–H and O–H groups in total. The van der Waals surface area contributed by atoms with E-state index in [4.69, 9.17) is 0 Å². The molecule has 0 spiro atoms. The highest BCUT2D eigenvalue weighted by Crippen LogP contribution is 2.29. The van der Waals surface area contributed by atoms with Crippen LogP contribution in [0.1, 0.15) is 31.9 Å². The summed E-state index contributed by atoms with van der Waals surface area (Å²) in [6, 6.07) is 8.43. The summed E-state index contributed by atoms with van der Waals surface area (Å²) in [4.78, 5) is 0. The molecule has 1 rings (SSSR count). The number of allylic oxidation sites excluding steroid dienone is 9. The van der Waals surface area contributed by atoms with E-state index in [1.54, 1.807) is 0 Å². The van der Waals surface area contributed by atoms with Gasteiger partial charge in [0.25, 0.3) is 0 Å². The van der Waals surface area contributed by atoms with Crippen LogP contribution in [0.2, 0.25) is 0 Å². The van der Waals surface area contributed by atoms with Crippen molar-refractivity contribution in [3.63, 3.8) is 0 Å². The van der Waals surface area contributed by atoms with Crippen LogP contribution in [0, 0.1) is 6.92 Å². The zero-order chi connectivity index (χ0) is 16.7. The molecule has 0 heterocycles. The van der Waals surface area contributed by atoms with Crippen LogP contribution in [0.25, 0.3) is 5.57 Å². The first-order valence-electron chi connectivity index (χ1n) is 7.53. The van der Waals surface area contributed by atoms with Gasteiger partial charge >= 0.3 is 0 Å². The van der Waals surface area contributed by atoms with Crippen LogP contribution in [0.5, 0.6) is 0 Å². The molecule has 0 atom stereocenters. The van der Waals surface area contributed by atoms with Crippen molar-refractivity contribution in [1.82, 2.24) is 0 Å². The van der Waals surface area contributed by atoms with Gasteiger partial charge in [-0.1, -0.05) is 73.4 Å². The third kappa shape index (κ3) is 4.33. The van der Waals surface area contributed by atoms with E-state index >= 15 is 0 Å². The predicted molar refractivity (Wildman–Crippen MR) is 101 cm³/mol.